The highest BCUT2D eigenvalue weighted by atomic mass is 79.9. The minimum atomic E-state index is -0.724. The lowest BCUT2D eigenvalue weighted by Gasteiger charge is -2.25. The maximum Gasteiger partial charge on any atom is 0.124 e. The topological polar surface area (TPSA) is 46.2 Å². The Balaban J connectivity index is 2.56. The summed E-state index contributed by atoms with van der Waals surface area (Å²) in [6.07, 6.45) is -0.724. The van der Waals surface area contributed by atoms with Crippen molar-refractivity contribution in [3.63, 3.8) is 0 Å². The number of aryl methyl sites for hydroxylation is 1. The molecule has 0 aliphatic carbocycles. The Morgan fingerprint density at radius 1 is 1.20 bits per heavy atom. The summed E-state index contributed by atoms with van der Waals surface area (Å²) in [5.41, 5.74) is 8.54. The first kappa shape index (κ1) is 15.2. The van der Waals surface area contributed by atoms with E-state index in [1.807, 2.05) is 31.2 Å². The molecule has 4 heteroatoms. The van der Waals surface area contributed by atoms with Crippen LogP contribution in [0.5, 0.6) is 0 Å². The van der Waals surface area contributed by atoms with Crippen LogP contribution in [0.15, 0.2) is 46.9 Å². The molecule has 2 unspecified atom stereocenters. The second-order valence-corrected chi connectivity index (χ2v) is 5.66. The first-order chi connectivity index (χ1) is 9.54. The van der Waals surface area contributed by atoms with Crippen LogP contribution in [0.3, 0.4) is 0 Å². The predicted octanol–water partition coefficient (Wildman–Crippen LogP) is 3.35. The number of benzene rings is 2. The van der Waals surface area contributed by atoms with Gasteiger partial charge in [-0.3, -0.25) is 0 Å². The average molecular weight is 338 g/mol. The SMILES string of the molecule is Cc1ccccc1C(c1ccc(F)cc1Br)C(O)CN. The quantitative estimate of drug-likeness (QED) is 0.898. The molecule has 20 heavy (non-hydrogen) atoms. The zero-order valence-corrected chi connectivity index (χ0v) is 12.8. The molecule has 2 aromatic rings. The molecule has 0 spiro atoms. The van der Waals surface area contributed by atoms with Crippen molar-refractivity contribution in [3.05, 3.63) is 69.4 Å². The fourth-order valence-corrected chi connectivity index (χ4v) is 3.01. The molecular formula is C16H17BrFNO. The van der Waals surface area contributed by atoms with Crippen molar-refractivity contribution < 1.29 is 9.50 Å². The van der Waals surface area contributed by atoms with Gasteiger partial charge in [-0.05, 0) is 35.7 Å². The van der Waals surface area contributed by atoms with Crippen LogP contribution < -0.4 is 5.73 Å². The normalized spacial score (nSPS) is 14.1. The van der Waals surface area contributed by atoms with Crippen LogP contribution >= 0.6 is 15.9 Å². The molecule has 0 amide bonds. The molecule has 106 valence electrons. The molecule has 0 saturated heterocycles. The Bertz CT molecular complexity index is 603. The summed E-state index contributed by atoms with van der Waals surface area (Å²) in [4.78, 5) is 0. The molecule has 0 bridgehead atoms. The molecule has 0 radical (unpaired) electrons. The third kappa shape index (κ3) is 3.08. The van der Waals surface area contributed by atoms with Crippen LogP contribution in [0.4, 0.5) is 4.39 Å². The van der Waals surface area contributed by atoms with Crippen molar-refractivity contribution in [1.29, 1.82) is 0 Å². The molecule has 2 nitrogen and oxygen atoms in total. The molecule has 0 heterocycles. The van der Waals surface area contributed by atoms with Crippen LogP contribution in [0.1, 0.15) is 22.6 Å². The maximum absolute atomic E-state index is 13.3. The van der Waals surface area contributed by atoms with E-state index in [0.717, 1.165) is 16.7 Å². The zero-order valence-electron chi connectivity index (χ0n) is 11.2. The van der Waals surface area contributed by atoms with E-state index < -0.39 is 6.10 Å². The van der Waals surface area contributed by atoms with Crippen molar-refractivity contribution in [2.75, 3.05) is 6.54 Å². The van der Waals surface area contributed by atoms with Crippen molar-refractivity contribution in [1.82, 2.24) is 0 Å². The fraction of sp³-hybridized carbons (Fsp3) is 0.250. The third-order valence-corrected chi connectivity index (χ3v) is 4.13. The second kappa shape index (κ2) is 6.48. The van der Waals surface area contributed by atoms with Crippen LogP contribution in [-0.4, -0.2) is 17.8 Å². The van der Waals surface area contributed by atoms with Gasteiger partial charge in [-0.2, -0.15) is 0 Å². The van der Waals surface area contributed by atoms with E-state index in [4.69, 9.17) is 5.73 Å². The summed E-state index contributed by atoms with van der Waals surface area (Å²) < 4.78 is 13.9. The number of rotatable bonds is 4. The van der Waals surface area contributed by atoms with E-state index in [1.165, 1.54) is 12.1 Å². The summed E-state index contributed by atoms with van der Waals surface area (Å²) >= 11 is 3.38. The van der Waals surface area contributed by atoms with Gasteiger partial charge < -0.3 is 10.8 Å². The summed E-state index contributed by atoms with van der Waals surface area (Å²) in [5.74, 6) is -0.595. The van der Waals surface area contributed by atoms with Crippen LogP contribution in [0.2, 0.25) is 0 Å². The monoisotopic (exact) mass is 337 g/mol. The Hall–Kier alpha value is -1.23. The van der Waals surface area contributed by atoms with E-state index in [9.17, 15) is 9.50 Å². The molecule has 2 rings (SSSR count). The Morgan fingerprint density at radius 2 is 1.90 bits per heavy atom. The van der Waals surface area contributed by atoms with E-state index in [1.54, 1.807) is 6.07 Å². The average Bonchev–Trinajstić information content (AvgIpc) is 2.43. The number of aliphatic hydroxyl groups excluding tert-OH is 1. The standard InChI is InChI=1S/C16H17BrFNO/c1-10-4-2-3-5-12(10)16(15(20)9-19)13-7-6-11(18)8-14(13)17/h2-8,15-16,20H,9,19H2,1H3. The number of halogens is 2. The lowest BCUT2D eigenvalue weighted by molar-refractivity contribution is 0.164. The summed E-state index contributed by atoms with van der Waals surface area (Å²) in [6.45, 7) is 2.13. The molecule has 0 aromatic heterocycles. The minimum Gasteiger partial charge on any atom is -0.391 e. The Kier molecular flexibility index (Phi) is 4.91. The van der Waals surface area contributed by atoms with Crippen molar-refractivity contribution >= 4 is 15.9 Å². The third-order valence-electron chi connectivity index (χ3n) is 3.45. The number of nitrogens with two attached hydrogens (primary N) is 1. The van der Waals surface area contributed by atoms with Crippen molar-refractivity contribution in [3.8, 4) is 0 Å². The summed E-state index contributed by atoms with van der Waals surface area (Å²) in [6, 6.07) is 12.3. The Labute approximate surface area is 126 Å². The van der Waals surface area contributed by atoms with Gasteiger partial charge in [0, 0.05) is 16.9 Å². The summed E-state index contributed by atoms with van der Waals surface area (Å²) in [5, 5.41) is 10.3. The largest absolute Gasteiger partial charge is 0.391 e. The van der Waals surface area contributed by atoms with E-state index >= 15 is 0 Å². The molecule has 0 aliphatic rings. The first-order valence-corrected chi connectivity index (χ1v) is 7.22. The Morgan fingerprint density at radius 3 is 2.50 bits per heavy atom. The lowest BCUT2D eigenvalue weighted by atomic mass is 9.84. The molecule has 0 fully saturated rings. The van der Waals surface area contributed by atoms with Crippen LogP contribution in [-0.2, 0) is 0 Å². The highest BCUT2D eigenvalue weighted by Crippen LogP contribution is 2.34. The zero-order chi connectivity index (χ0) is 14.7. The van der Waals surface area contributed by atoms with Gasteiger partial charge in [0.1, 0.15) is 5.82 Å². The fourth-order valence-electron chi connectivity index (χ4n) is 2.41. The number of aliphatic hydroxyl groups is 1. The van der Waals surface area contributed by atoms with Gasteiger partial charge in [-0.15, -0.1) is 0 Å². The van der Waals surface area contributed by atoms with Gasteiger partial charge >= 0.3 is 0 Å². The lowest BCUT2D eigenvalue weighted by Crippen LogP contribution is -2.29. The van der Waals surface area contributed by atoms with Crippen molar-refractivity contribution in [2.24, 2.45) is 5.73 Å². The van der Waals surface area contributed by atoms with Gasteiger partial charge in [0.15, 0.2) is 0 Å². The van der Waals surface area contributed by atoms with Gasteiger partial charge in [0.25, 0.3) is 0 Å². The number of hydrogen-bond acceptors (Lipinski definition) is 2. The van der Waals surface area contributed by atoms with E-state index in [-0.39, 0.29) is 18.3 Å². The van der Waals surface area contributed by atoms with Gasteiger partial charge in [0.2, 0.25) is 0 Å². The van der Waals surface area contributed by atoms with E-state index in [2.05, 4.69) is 15.9 Å². The smallest absolute Gasteiger partial charge is 0.124 e. The molecular weight excluding hydrogens is 321 g/mol. The molecule has 2 atom stereocenters. The highest BCUT2D eigenvalue weighted by molar-refractivity contribution is 9.10. The molecule has 2 aromatic carbocycles. The van der Waals surface area contributed by atoms with Gasteiger partial charge in [-0.25, -0.2) is 4.39 Å². The minimum absolute atomic E-state index is 0.142. The van der Waals surface area contributed by atoms with Crippen LogP contribution in [0.25, 0.3) is 0 Å². The molecule has 0 saturated carbocycles. The molecule has 3 N–H and O–H groups in total. The van der Waals surface area contributed by atoms with E-state index in [0.29, 0.717) is 4.47 Å². The van der Waals surface area contributed by atoms with Crippen LogP contribution in [0, 0.1) is 12.7 Å². The second-order valence-electron chi connectivity index (χ2n) is 4.80. The van der Waals surface area contributed by atoms with Crippen molar-refractivity contribution in [2.45, 2.75) is 18.9 Å². The molecule has 0 aliphatic heterocycles. The number of hydrogen-bond donors (Lipinski definition) is 2. The maximum atomic E-state index is 13.3. The van der Waals surface area contributed by atoms with Gasteiger partial charge in [-0.1, -0.05) is 46.3 Å². The highest BCUT2D eigenvalue weighted by Gasteiger charge is 2.25. The predicted molar refractivity (Wildman–Crippen MR) is 82.2 cm³/mol. The summed E-state index contributed by atoms with van der Waals surface area (Å²) in [7, 11) is 0. The first-order valence-electron chi connectivity index (χ1n) is 6.43. The van der Waals surface area contributed by atoms with Gasteiger partial charge in [0.05, 0.1) is 6.10 Å².